The van der Waals surface area contributed by atoms with E-state index in [1.165, 1.54) is 0 Å². The molecule has 1 saturated heterocycles. The zero-order chi connectivity index (χ0) is 13.5. The Bertz CT molecular complexity index is 692. The van der Waals surface area contributed by atoms with Crippen LogP contribution < -0.4 is 0 Å². The zero-order valence-corrected chi connectivity index (χ0v) is 11.7. The molecule has 6 heteroatoms. The van der Waals surface area contributed by atoms with Crippen molar-refractivity contribution in [1.29, 1.82) is 0 Å². The number of fused-ring (bicyclic) bond motifs is 1. The van der Waals surface area contributed by atoms with Crippen molar-refractivity contribution in [3.8, 4) is 0 Å². The average molecular weight is 279 g/mol. The number of aromatic nitrogens is 3. The van der Waals surface area contributed by atoms with Gasteiger partial charge in [-0.1, -0.05) is 6.07 Å². The Hall–Kier alpha value is -1.43. The van der Waals surface area contributed by atoms with Crippen LogP contribution in [0.2, 0.25) is 0 Å². The number of hydrogen-bond donors (Lipinski definition) is 0. The second-order valence-corrected chi connectivity index (χ2v) is 7.57. The standard InChI is InChI=1S/C13H17N3O2S/c1-10-3-2-4-13-14-12(15-16(10)13)9-11-5-7-19(17,18)8-6-11/h2-4,11H,5-9H2,1H3. The van der Waals surface area contributed by atoms with Gasteiger partial charge in [0.1, 0.15) is 9.84 Å². The maximum absolute atomic E-state index is 11.4. The fraction of sp³-hybridized carbons (Fsp3) is 0.538. The molecule has 3 rings (SSSR count). The Morgan fingerprint density at radius 3 is 2.74 bits per heavy atom. The third kappa shape index (κ3) is 2.63. The number of sulfone groups is 1. The van der Waals surface area contributed by atoms with Crippen molar-refractivity contribution in [2.75, 3.05) is 11.5 Å². The predicted octanol–water partition coefficient (Wildman–Crippen LogP) is 1.41. The van der Waals surface area contributed by atoms with Gasteiger partial charge in [0.05, 0.1) is 11.5 Å². The van der Waals surface area contributed by atoms with E-state index in [0.29, 0.717) is 17.4 Å². The highest BCUT2D eigenvalue weighted by molar-refractivity contribution is 7.91. The van der Waals surface area contributed by atoms with E-state index in [1.807, 2.05) is 29.6 Å². The smallest absolute Gasteiger partial charge is 0.155 e. The molecule has 1 aliphatic heterocycles. The summed E-state index contributed by atoms with van der Waals surface area (Å²) in [5, 5.41) is 4.50. The van der Waals surface area contributed by atoms with E-state index in [-0.39, 0.29) is 0 Å². The van der Waals surface area contributed by atoms with Gasteiger partial charge in [0, 0.05) is 12.1 Å². The van der Waals surface area contributed by atoms with Crippen LogP contribution in [0.25, 0.3) is 5.65 Å². The summed E-state index contributed by atoms with van der Waals surface area (Å²) in [7, 11) is -2.79. The molecule has 0 aromatic carbocycles. The van der Waals surface area contributed by atoms with Crippen LogP contribution in [0.3, 0.4) is 0 Å². The molecule has 102 valence electrons. The molecule has 1 fully saturated rings. The highest BCUT2D eigenvalue weighted by atomic mass is 32.2. The van der Waals surface area contributed by atoms with Crippen LogP contribution in [0.1, 0.15) is 24.4 Å². The Kier molecular flexibility index (Phi) is 3.05. The molecule has 0 amide bonds. The molecule has 0 N–H and O–H groups in total. The van der Waals surface area contributed by atoms with Gasteiger partial charge >= 0.3 is 0 Å². The second kappa shape index (κ2) is 4.59. The molecule has 1 aliphatic rings. The summed E-state index contributed by atoms with van der Waals surface area (Å²) in [5.74, 6) is 1.83. The molecule has 0 spiro atoms. The molecule has 2 aromatic heterocycles. The van der Waals surface area contributed by atoms with E-state index >= 15 is 0 Å². The predicted molar refractivity (Wildman–Crippen MR) is 72.8 cm³/mol. The number of pyridine rings is 1. The van der Waals surface area contributed by atoms with Crippen molar-refractivity contribution >= 4 is 15.5 Å². The molecular formula is C13H17N3O2S. The Morgan fingerprint density at radius 2 is 2.05 bits per heavy atom. The van der Waals surface area contributed by atoms with Crippen LogP contribution in [-0.2, 0) is 16.3 Å². The lowest BCUT2D eigenvalue weighted by Gasteiger charge is -2.20. The first-order valence-corrected chi connectivity index (χ1v) is 8.37. The number of rotatable bonds is 2. The molecule has 0 bridgehead atoms. The zero-order valence-electron chi connectivity index (χ0n) is 10.9. The van der Waals surface area contributed by atoms with E-state index < -0.39 is 9.84 Å². The van der Waals surface area contributed by atoms with E-state index in [0.717, 1.165) is 36.4 Å². The van der Waals surface area contributed by atoms with Gasteiger partial charge in [0.25, 0.3) is 0 Å². The fourth-order valence-electron chi connectivity index (χ4n) is 2.57. The first-order chi connectivity index (χ1) is 9.03. The highest BCUT2D eigenvalue weighted by Gasteiger charge is 2.24. The lowest BCUT2D eigenvalue weighted by Crippen LogP contribution is -2.24. The highest BCUT2D eigenvalue weighted by Crippen LogP contribution is 2.22. The van der Waals surface area contributed by atoms with Gasteiger partial charge in [0.2, 0.25) is 0 Å². The number of nitrogens with zero attached hydrogens (tertiary/aromatic N) is 3. The maximum Gasteiger partial charge on any atom is 0.155 e. The minimum absolute atomic E-state index is 0.310. The number of hydrogen-bond acceptors (Lipinski definition) is 4. The summed E-state index contributed by atoms with van der Waals surface area (Å²) in [5.41, 5.74) is 1.92. The van der Waals surface area contributed by atoms with E-state index in [2.05, 4.69) is 10.1 Å². The van der Waals surface area contributed by atoms with Crippen molar-refractivity contribution in [2.45, 2.75) is 26.2 Å². The summed E-state index contributed by atoms with van der Waals surface area (Å²) in [6.07, 6.45) is 2.24. The van der Waals surface area contributed by atoms with Gasteiger partial charge in [-0.25, -0.2) is 17.9 Å². The molecule has 0 unspecified atom stereocenters. The second-order valence-electron chi connectivity index (χ2n) is 5.26. The molecule has 0 atom stereocenters. The van der Waals surface area contributed by atoms with E-state index in [1.54, 1.807) is 0 Å². The van der Waals surface area contributed by atoms with E-state index in [9.17, 15) is 8.42 Å². The monoisotopic (exact) mass is 279 g/mol. The minimum Gasteiger partial charge on any atom is -0.229 e. The maximum atomic E-state index is 11.4. The van der Waals surface area contributed by atoms with Crippen LogP contribution in [0.4, 0.5) is 0 Å². The molecule has 2 aromatic rings. The lowest BCUT2D eigenvalue weighted by molar-refractivity contribution is 0.454. The average Bonchev–Trinajstić information content (AvgIpc) is 2.76. The van der Waals surface area contributed by atoms with Crippen LogP contribution in [-0.4, -0.2) is 34.5 Å². The van der Waals surface area contributed by atoms with Crippen molar-refractivity contribution in [2.24, 2.45) is 5.92 Å². The first kappa shape index (κ1) is 12.6. The van der Waals surface area contributed by atoms with Crippen LogP contribution >= 0.6 is 0 Å². The summed E-state index contributed by atoms with van der Waals surface area (Å²) < 4.78 is 24.6. The summed E-state index contributed by atoms with van der Waals surface area (Å²) in [4.78, 5) is 4.51. The van der Waals surface area contributed by atoms with Crippen molar-refractivity contribution in [3.05, 3.63) is 29.7 Å². The fourth-order valence-corrected chi connectivity index (χ4v) is 4.16. The van der Waals surface area contributed by atoms with Crippen LogP contribution in [0.15, 0.2) is 18.2 Å². The van der Waals surface area contributed by atoms with Crippen molar-refractivity contribution < 1.29 is 8.42 Å². The van der Waals surface area contributed by atoms with Gasteiger partial charge < -0.3 is 0 Å². The molecular weight excluding hydrogens is 262 g/mol. The molecule has 0 radical (unpaired) electrons. The van der Waals surface area contributed by atoms with Crippen LogP contribution in [0, 0.1) is 12.8 Å². The van der Waals surface area contributed by atoms with Gasteiger partial charge in [0.15, 0.2) is 11.5 Å². The minimum atomic E-state index is -2.79. The molecule has 3 heterocycles. The third-order valence-corrected chi connectivity index (χ3v) is 5.45. The number of aryl methyl sites for hydroxylation is 1. The lowest BCUT2D eigenvalue weighted by atomic mass is 9.99. The van der Waals surface area contributed by atoms with Gasteiger partial charge in [-0.2, -0.15) is 5.10 Å². The van der Waals surface area contributed by atoms with Crippen molar-refractivity contribution in [1.82, 2.24) is 14.6 Å². The van der Waals surface area contributed by atoms with Gasteiger partial charge in [-0.3, -0.25) is 0 Å². The normalized spacial score (nSPS) is 19.8. The Balaban J connectivity index is 1.77. The Labute approximate surface area is 112 Å². The van der Waals surface area contributed by atoms with Gasteiger partial charge in [-0.05, 0) is 37.8 Å². The summed E-state index contributed by atoms with van der Waals surface area (Å²) >= 11 is 0. The van der Waals surface area contributed by atoms with Crippen LogP contribution in [0.5, 0.6) is 0 Å². The first-order valence-electron chi connectivity index (χ1n) is 6.55. The summed E-state index contributed by atoms with van der Waals surface area (Å²) in [6.45, 7) is 2.00. The molecule has 0 aliphatic carbocycles. The van der Waals surface area contributed by atoms with Crippen molar-refractivity contribution in [3.63, 3.8) is 0 Å². The van der Waals surface area contributed by atoms with Gasteiger partial charge in [-0.15, -0.1) is 0 Å². The third-order valence-electron chi connectivity index (χ3n) is 3.74. The quantitative estimate of drug-likeness (QED) is 0.833. The largest absolute Gasteiger partial charge is 0.229 e. The van der Waals surface area contributed by atoms with E-state index in [4.69, 9.17) is 0 Å². The SMILES string of the molecule is Cc1cccc2nc(CC3CCS(=O)(=O)CC3)nn12. The molecule has 19 heavy (non-hydrogen) atoms. The Morgan fingerprint density at radius 1 is 1.32 bits per heavy atom. The summed E-state index contributed by atoms with van der Waals surface area (Å²) in [6, 6.07) is 5.91. The topological polar surface area (TPSA) is 64.3 Å². The molecule has 0 saturated carbocycles. The molecule has 5 nitrogen and oxygen atoms in total.